The fourth-order valence-electron chi connectivity index (χ4n) is 1.09. The van der Waals surface area contributed by atoms with Crippen LogP contribution in [0.3, 0.4) is 0 Å². The van der Waals surface area contributed by atoms with Crippen molar-refractivity contribution in [2.75, 3.05) is 0 Å². The summed E-state index contributed by atoms with van der Waals surface area (Å²) >= 11 is 0. The summed E-state index contributed by atoms with van der Waals surface area (Å²) in [5.41, 5.74) is 0.301. The molecule has 2 N–H and O–H groups in total. The lowest BCUT2D eigenvalue weighted by atomic mass is 9.92. The first kappa shape index (κ1) is 8.91. The van der Waals surface area contributed by atoms with Gasteiger partial charge in [-0.1, -0.05) is 0 Å². The van der Waals surface area contributed by atoms with Gasteiger partial charge in [0.15, 0.2) is 5.78 Å². The van der Waals surface area contributed by atoms with Crippen molar-refractivity contribution >= 4 is 5.78 Å². The zero-order valence-electron chi connectivity index (χ0n) is 6.40. The number of aliphatic hydroxyl groups excluding tert-OH is 2. The minimum Gasteiger partial charge on any atom is -0.390 e. The van der Waals surface area contributed by atoms with Gasteiger partial charge in [-0.15, -0.1) is 0 Å². The minimum atomic E-state index is -1.01. The second-order valence-corrected chi connectivity index (χ2v) is 2.71. The molecule has 0 unspecified atom stereocenters. The number of Topliss-reactive ketones (excluding diaryl/α,β-unsaturated/α-hetero) is 1. The summed E-state index contributed by atoms with van der Waals surface area (Å²) in [6, 6.07) is 1.82. The highest BCUT2D eigenvalue weighted by molar-refractivity contribution is 5.97. The van der Waals surface area contributed by atoms with Crippen LogP contribution in [0.4, 0.5) is 0 Å². The number of nitriles is 1. The largest absolute Gasteiger partial charge is 0.390 e. The fraction of sp³-hybridized carbons (Fsp3) is 0.500. The van der Waals surface area contributed by atoms with Gasteiger partial charge < -0.3 is 10.2 Å². The molecule has 2 atom stereocenters. The SMILES string of the molecule is N#CCC1=C[C@H](O)[C@@H](O)CC1=O. The molecular formula is C8H9NO3. The maximum Gasteiger partial charge on any atom is 0.162 e. The van der Waals surface area contributed by atoms with E-state index in [1.54, 1.807) is 0 Å². The predicted molar refractivity (Wildman–Crippen MR) is 40.0 cm³/mol. The van der Waals surface area contributed by atoms with E-state index in [1.807, 2.05) is 6.07 Å². The van der Waals surface area contributed by atoms with Gasteiger partial charge in [0, 0.05) is 12.0 Å². The number of hydrogen-bond donors (Lipinski definition) is 2. The van der Waals surface area contributed by atoms with Crippen molar-refractivity contribution in [1.82, 2.24) is 0 Å². The van der Waals surface area contributed by atoms with Crippen molar-refractivity contribution in [1.29, 1.82) is 5.26 Å². The van der Waals surface area contributed by atoms with E-state index >= 15 is 0 Å². The third-order valence-electron chi connectivity index (χ3n) is 1.79. The summed E-state index contributed by atoms with van der Waals surface area (Å²) in [4.78, 5) is 11.0. The summed E-state index contributed by atoms with van der Waals surface area (Å²) in [6.45, 7) is 0. The maximum absolute atomic E-state index is 11.0. The zero-order valence-corrected chi connectivity index (χ0v) is 6.40. The van der Waals surface area contributed by atoms with Crippen LogP contribution in [0, 0.1) is 11.3 Å². The van der Waals surface area contributed by atoms with E-state index < -0.39 is 12.2 Å². The minimum absolute atomic E-state index is 0.00259. The Bertz CT molecular complexity index is 264. The quantitative estimate of drug-likeness (QED) is 0.552. The molecule has 64 valence electrons. The summed E-state index contributed by atoms with van der Waals surface area (Å²) in [6.07, 6.45) is -0.859. The lowest BCUT2D eigenvalue weighted by Crippen LogP contribution is -2.32. The lowest BCUT2D eigenvalue weighted by Gasteiger charge is -2.20. The number of allylic oxidation sites excluding steroid dienone is 1. The molecule has 0 aromatic rings. The Kier molecular flexibility index (Phi) is 2.58. The molecule has 4 heteroatoms. The van der Waals surface area contributed by atoms with E-state index in [0.29, 0.717) is 5.57 Å². The van der Waals surface area contributed by atoms with E-state index in [2.05, 4.69) is 0 Å². The third kappa shape index (κ3) is 1.70. The molecule has 1 aliphatic carbocycles. The van der Waals surface area contributed by atoms with E-state index in [-0.39, 0.29) is 18.6 Å². The van der Waals surface area contributed by atoms with Gasteiger partial charge in [0.25, 0.3) is 0 Å². The number of rotatable bonds is 1. The van der Waals surface area contributed by atoms with Crippen LogP contribution in [-0.2, 0) is 4.79 Å². The van der Waals surface area contributed by atoms with Gasteiger partial charge in [-0.05, 0) is 6.08 Å². The van der Waals surface area contributed by atoms with Gasteiger partial charge in [0.1, 0.15) is 0 Å². The van der Waals surface area contributed by atoms with Gasteiger partial charge in [-0.3, -0.25) is 4.79 Å². The average molecular weight is 167 g/mol. The van der Waals surface area contributed by atoms with Gasteiger partial charge in [-0.25, -0.2) is 0 Å². The average Bonchev–Trinajstić information content (AvgIpc) is 2.01. The molecular weight excluding hydrogens is 158 g/mol. The molecule has 0 spiro atoms. The monoisotopic (exact) mass is 167 g/mol. The molecule has 1 rings (SSSR count). The highest BCUT2D eigenvalue weighted by Crippen LogP contribution is 2.17. The Labute approximate surface area is 69.7 Å². The number of nitrogens with zero attached hydrogens (tertiary/aromatic N) is 1. The topological polar surface area (TPSA) is 81.3 Å². The molecule has 0 aromatic heterocycles. The van der Waals surface area contributed by atoms with Crippen LogP contribution in [0.2, 0.25) is 0 Å². The highest BCUT2D eigenvalue weighted by atomic mass is 16.3. The third-order valence-corrected chi connectivity index (χ3v) is 1.79. The number of aliphatic hydroxyl groups is 2. The first-order chi connectivity index (χ1) is 5.65. The van der Waals surface area contributed by atoms with Gasteiger partial charge in [-0.2, -0.15) is 5.26 Å². The Morgan fingerprint density at radius 1 is 1.67 bits per heavy atom. The van der Waals surface area contributed by atoms with E-state index in [1.165, 1.54) is 6.08 Å². The molecule has 0 fully saturated rings. The molecule has 12 heavy (non-hydrogen) atoms. The van der Waals surface area contributed by atoms with Crippen LogP contribution >= 0.6 is 0 Å². The van der Waals surface area contributed by atoms with Crippen molar-refractivity contribution in [3.05, 3.63) is 11.6 Å². The van der Waals surface area contributed by atoms with Crippen molar-refractivity contribution in [3.63, 3.8) is 0 Å². The van der Waals surface area contributed by atoms with Gasteiger partial charge in [0.05, 0.1) is 24.7 Å². The fourth-order valence-corrected chi connectivity index (χ4v) is 1.09. The molecule has 4 nitrogen and oxygen atoms in total. The van der Waals surface area contributed by atoms with Gasteiger partial charge >= 0.3 is 0 Å². The number of ketones is 1. The number of carbonyl (C=O) groups excluding carboxylic acids is 1. The maximum atomic E-state index is 11.0. The van der Waals surface area contributed by atoms with Crippen LogP contribution in [-0.4, -0.2) is 28.2 Å². The second kappa shape index (κ2) is 3.48. The normalized spacial score (nSPS) is 29.4. The van der Waals surface area contributed by atoms with Crippen LogP contribution in [0.1, 0.15) is 12.8 Å². The first-order valence-corrected chi connectivity index (χ1v) is 3.62. The molecule has 0 saturated carbocycles. The molecule has 1 aliphatic rings. The predicted octanol–water partition coefficient (Wildman–Crippen LogP) is -0.479. The smallest absolute Gasteiger partial charge is 0.162 e. The van der Waals surface area contributed by atoms with Crippen molar-refractivity contribution in [3.8, 4) is 6.07 Å². The lowest BCUT2D eigenvalue weighted by molar-refractivity contribution is -0.119. The molecule has 0 bridgehead atoms. The van der Waals surface area contributed by atoms with E-state index in [4.69, 9.17) is 15.5 Å². The summed E-state index contributed by atoms with van der Waals surface area (Å²) in [5, 5.41) is 26.4. The van der Waals surface area contributed by atoms with Gasteiger partial charge in [0.2, 0.25) is 0 Å². The standard InChI is InChI=1S/C8H9NO3/c9-2-1-5-3-7(11)8(12)4-6(5)10/h3,7-8,11-12H,1,4H2/t7-,8-/m0/s1. The number of hydrogen-bond acceptors (Lipinski definition) is 4. The van der Waals surface area contributed by atoms with Crippen LogP contribution in [0.5, 0.6) is 0 Å². The van der Waals surface area contributed by atoms with Crippen molar-refractivity contribution in [2.45, 2.75) is 25.0 Å². The van der Waals surface area contributed by atoms with Crippen LogP contribution in [0.25, 0.3) is 0 Å². The molecule has 0 aromatic carbocycles. The summed E-state index contributed by atoms with van der Waals surface area (Å²) in [5.74, 6) is -0.255. The Balaban J connectivity index is 2.80. The molecule has 0 heterocycles. The molecule has 0 aliphatic heterocycles. The first-order valence-electron chi connectivity index (χ1n) is 3.62. The Morgan fingerprint density at radius 3 is 2.92 bits per heavy atom. The van der Waals surface area contributed by atoms with Crippen LogP contribution < -0.4 is 0 Å². The molecule has 0 amide bonds. The van der Waals surface area contributed by atoms with E-state index in [9.17, 15) is 4.79 Å². The summed E-state index contributed by atoms with van der Waals surface area (Å²) < 4.78 is 0. The summed E-state index contributed by atoms with van der Waals surface area (Å²) in [7, 11) is 0. The molecule has 0 saturated heterocycles. The second-order valence-electron chi connectivity index (χ2n) is 2.71. The van der Waals surface area contributed by atoms with E-state index in [0.717, 1.165) is 0 Å². The molecule has 0 radical (unpaired) electrons. The zero-order chi connectivity index (χ0) is 9.14. The van der Waals surface area contributed by atoms with Crippen molar-refractivity contribution < 1.29 is 15.0 Å². The number of carbonyl (C=O) groups is 1. The Hall–Kier alpha value is -1.18. The highest BCUT2D eigenvalue weighted by Gasteiger charge is 2.26. The Morgan fingerprint density at radius 2 is 2.33 bits per heavy atom. The van der Waals surface area contributed by atoms with Crippen molar-refractivity contribution in [2.24, 2.45) is 0 Å². The van der Waals surface area contributed by atoms with Crippen LogP contribution in [0.15, 0.2) is 11.6 Å².